The van der Waals surface area contributed by atoms with Gasteiger partial charge in [-0.05, 0) is 0 Å². The van der Waals surface area contributed by atoms with Crippen molar-refractivity contribution in [3.05, 3.63) is 33.3 Å². The summed E-state index contributed by atoms with van der Waals surface area (Å²) in [5, 5.41) is 0. The normalized spacial score (nSPS) is 0.833. The standard InChI is InChI=1S/5CO.Cr.H3P/c5*1-2;;/h;;;;;;1H3. The van der Waals surface area contributed by atoms with Crippen molar-refractivity contribution in [3.63, 3.8) is 0 Å². The van der Waals surface area contributed by atoms with Gasteiger partial charge in [-0.15, -0.1) is 0 Å². The van der Waals surface area contributed by atoms with Crippen LogP contribution in [0.1, 0.15) is 0 Å². The van der Waals surface area contributed by atoms with Gasteiger partial charge < -0.3 is 0 Å². The first-order valence-electron chi connectivity index (χ1n) is 1.02. The summed E-state index contributed by atoms with van der Waals surface area (Å²) in [4.78, 5) is 0. The Morgan fingerprint density at radius 1 is 0.417 bits per heavy atom. The van der Waals surface area contributed by atoms with Crippen LogP contribution in [0.2, 0.25) is 0 Å². The average Bonchev–Trinajstić information content (AvgIpc) is 2.20. The molecule has 12 heavy (non-hydrogen) atoms. The molecule has 0 aromatic heterocycles. The Kier molecular flexibility index (Phi) is 44400. The monoisotopic (exact) mass is 226 g/mol. The molecule has 0 amide bonds. The molecule has 0 aliphatic heterocycles. The molecule has 0 heterocycles. The van der Waals surface area contributed by atoms with Crippen molar-refractivity contribution in [3.8, 4) is 0 Å². The molecule has 0 fully saturated rings. The summed E-state index contributed by atoms with van der Waals surface area (Å²) in [7, 11) is 0. The molecular formula is C5H3CrO5P. The van der Waals surface area contributed by atoms with Gasteiger partial charge in [-0.25, -0.2) is 0 Å². The molecule has 64 valence electrons. The maximum atomic E-state index is 7.50. The van der Waals surface area contributed by atoms with Crippen molar-refractivity contribution < 1.29 is 40.6 Å². The number of hydrogen-bond donors (Lipinski definition) is 0. The van der Waals surface area contributed by atoms with E-state index in [1.54, 1.807) is 0 Å². The van der Waals surface area contributed by atoms with Gasteiger partial charge in [0, 0.05) is 17.4 Å². The van der Waals surface area contributed by atoms with Gasteiger partial charge in [-0.1, -0.05) is 0 Å². The maximum Gasteiger partial charge on any atom is 0 e. The van der Waals surface area contributed by atoms with E-state index in [1.165, 1.54) is 0 Å². The molecular weight excluding hydrogens is 223 g/mol. The fourth-order valence-corrected chi connectivity index (χ4v) is 0. The summed E-state index contributed by atoms with van der Waals surface area (Å²) in [6.07, 6.45) is 0. The van der Waals surface area contributed by atoms with E-state index < -0.39 is 0 Å². The van der Waals surface area contributed by atoms with Crippen LogP contribution in [0.15, 0.2) is 0 Å². The van der Waals surface area contributed by atoms with E-state index in [1.807, 2.05) is 0 Å². The first-order valence-corrected chi connectivity index (χ1v) is 1.02. The van der Waals surface area contributed by atoms with E-state index in [4.69, 9.17) is 23.3 Å². The van der Waals surface area contributed by atoms with E-state index in [-0.39, 0.29) is 27.3 Å². The molecule has 0 saturated heterocycles. The van der Waals surface area contributed by atoms with Gasteiger partial charge in [0.25, 0.3) is 0 Å². The summed E-state index contributed by atoms with van der Waals surface area (Å²) in [5.74, 6) is 0. The Hall–Kier alpha value is -0.338. The molecule has 0 rings (SSSR count). The minimum Gasteiger partial charge on any atom is 0 e. The summed E-state index contributed by atoms with van der Waals surface area (Å²) >= 11 is 0. The third-order valence-corrected chi connectivity index (χ3v) is 0. The van der Waals surface area contributed by atoms with Crippen LogP contribution >= 0.6 is 9.90 Å². The van der Waals surface area contributed by atoms with Crippen LogP contribution in [0.3, 0.4) is 0 Å². The van der Waals surface area contributed by atoms with Gasteiger partial charge in [0.05, 0.1) is 0 Å². The molecule has 1 unspecified atom stereocenters. The zero-order valence-corrected chi connectivity index (χ0v) is 8.35. The van der Waals surface area contributed by atoms with E-state index in [0.717, 1.165) is 0 Å². The predicted octanol–water partition coefficient (Wildman–Crippen LogP) is -0.132. The molecule has 0 aliphatic carbocycles. The second kappa shape index (κ2) is 8740. The Morgan fingerprint density at radius 2 is 0.417 bits per heavy atom. The Morgan fingerprint density at radius 3 is 0.417 bits per heavy atom. The fraction of sp³-hybridized carbons (Fsp3) is 0. The van der Waals surface area contributed by atoms with Gasteiger partial charge in [-0.2, -0.15) is 9.90 Å². The SMILES string of the molecule is P.[C-]#[O+].[C-]#[O+].[C-]#[O+].[C-]#[O+].[C-]#[O+].[Cr]. The van der Waals surface area contributed by atoms with Crippen LogP contribution < -0.4 is 0 Å². The summed E-state index contributed by atoms with van der Waals surface area (Å²) < 4.78 is 37.5. The second-order valence-electron chi connectivity index (χ2n) is 0. The summed E-state index contributed by atoms with van der Waals surface area (Å²) in [6.45, 7) is 22.5. The molecule has 5 nitrogen and oxygen atoms in total. The maximum absolute atomic E-state index is 7.50. The smallest absolute Gasteiger partial charge is 0 e. The van der Waals surface area contributed by atoms with Gasteiger partial charge in [-0.3, -0.25) is 0 Å². The van der Waals surface area contributed by atoms with Crippen LogP contribution in [-0.2, 0) is 40.6 Å². The Bertz CT molecular complexity index is 78.4. The molecule has 0 N–H and O–H groups in total. The molecule has 0 saturated carbocycles. The van der Waals surface area contributed by atoms with Crippen LogP contribution in [-0.4, -0.2) is 0 Å². The van der Waals surface area contributed by atoms with E-state index in [0.29, 0.717) is 0 Å². The largest absolute Gasteiger partial charge is 0 e. The molecule has 7 heteroatoms. The minimum absolute atomic E-state index is 0. The van der Waals surface area contributed by atoms with Gasteiger partial charge in [0.1, 0.15) is 0 Å². The van der Waals surface area contributed by atoms with Gasteiger partial charge in [0.15, 0.2) is 0 Å². The van der Waals surface area contributed by atoms with Gasteiger partial charge in [0.2, 0.25) is 0 Å². The summed E-state index contributed by atoms with van der Waals surface area (Å²) in [5.41, 5.74) is 0. The Labute approximate surface area is 84.2 Å². The van der Waals surface area contributed by atoms with Crippen LogP contribution in [0.25, 0.3) is 0 Å². The van der Waals surface area contributed by atoms with Crippen LogP contribution in [0.5, 0.6) is 0 Å². The topological polar surface area (TPSA) is 99.5 Å². The van der Waals surface area contributed by atoms with Gasteiger partial charge >= 0.3 is 56.5 Å². The molecule has 0 aromatic carbocycles. The zero-order chi connectivity index (χ0) is 10.0. The first kappa shape index (κ1) is 61.0. The van der Waals surface area contributed by atoms with Crippen molar-refractivity contribution in [1.29, 1.82) is 0 Å². The van der Waals surface area contributed by atoms with Crippen molar-refractivity contribution in [2.24, 2.45) is 0 Å². The molecule has 0 bridgehead atoms. The zero-order valence-electron chi connectivity index (χ0n) is 5.66. The fourth-order valence-electron chi connectivity index (χ4n) is 0. The van der Waals surface area contributed by atoms with E-state index in [9.17, 15) is 0 Å². The number of rotatable bonds is 0. The van der Waals surface area contributed by atoms with Crippen molar-refractivity contribution >= 4 is 9.90 Å². The van der Waals surface area contributed by atoms with E-state index in [2.05, 4.69) is 33.3 Å². The first-order chi connectivity index (χ1) is 5.00. The molecule has 0 spiro atoms. The summed E-state index contributed by atoms with van der Waals surface area (Å²) in [6, 6.07) is 0. The molecule has 1 atom stereocenters. The predicted molar refractivity (Wildman–Crippen MR) is 30.8 cm³/mol. The average molecular weight is 226 g/mol. The van der Waals surface area contributed by atoms with E-state index >= 15 is 0 Å². The molecule has 0 aliphatic rings. The third kappa shape index (κ3) is 6360. The van der Waals surface area contributed by atoms with Crippen LogP contribution in [0.4, 0.5) is 0 Å². The van der Waals surface area contributed by atoms with Crippen molar-refractivity contribution in [1.82, 2.24) is 0 Å². The number of hydrogen-bond acceptors (Lipinski definition) is 0. The Balaban J connectivity index is -0.00000000500. The molecule has 0 radical (unpaired) electrons. The second-order valence-corrected chi connectivity index (χ2v) is 0. The minimum atomic E-state index is 0. The van der Waals surface area contributed by atoms with Crippen molar-refractivity contribution in [2.45, 2.75) is 0 Å². The molecule has 0 aromatic rings. The van der Waals surface area contributed by atoms with Crippen LogP contribution in [0, 0.1) is 33.3 Å². The third-order valence-electron chi connectivity index (χ3n) is 0. The quantitative estimate of drug-likeness (QED) is 0.312. The van der Waals surface area contributed by atoms with Crippen molar-refractivity contribution in [2.75, 3.05) is 0 Å².